The van der Waals surface area contributed by atoms with Crippen LogP contribution in [0.3, 0.4) is 0 Å². The molecule has 0 aromatic heterocycles. The third-order valence-electron chi connectivity index (χ3n) is 5.83. The minimum absolute atomic E-state index is 0.0480. The molecule has 33 heavy (non-hydrogen) atoms. The average Bonchev–Trinajstić information content (AvgIpc) is 3.41. The van der Waals surface area contributed by atoms with Crippen molar-refractivity contribution in [1.29, 1.82) is 0 Å². The number of carbonyl (C=O) groups is 3. The van der Waals surface area contributed by atoms with Crippen molar-refractivity contribution in [3.05, 3.63) is 59.7 Å². The van der Waals surface area contributed by atoms with E-state index in [2.05, 4.69) is 5.32 Å². The molecule has 7 nitrogen and oxygen atoms in total. The Kier molecular flexibility index (Phi) is 6.83. The second kappa shape index (κ2) is 9.78. The third-order valence-corrected chi connectivity index (χ3v) is 6.85. The van der Waals surface area contributed by atoms with E-state index in [0.717, 1.165) is 27.2 Å². The second-order valence-corrected chi connectivity index (χ2v) is 8.83. The maximum Gasteiger partial charge on any atom is 0.407 e. The Morgan fingerprint density at radius 2 is 1.70 bits per heavy atom. The predicted molar refractivity (Wildman–Crippen MR) is 118 cm³/mol. The number of hydrogen-bond donors (Lipinski definition) is 2. The normalized spacial score (nSPS) is 18.0. The fraction of sp³-hybridized carbons (Fsp3) is 0.348. The lowest BCUT2D eigenvalue weighted by Crippen LogP contribution is -2.47. The van der Waals surface area contributed by atoms with Gasteiger partial charge < -0.3 is 20.1 Å². The highest BCUT2D eigenvalue weighted by atomic mass is 32.2. The quantitative estimate of drug-likeness (QED) is 0.635. The number of carboxylic acids is 1. The van der Waals surface area contributed by atoms with Crippen LogP contribution in [-0.4, -0.2) is 64.7 Å². The van der Waals surface area contributed by atoms with E-state index in [9.17, 15) is 28.3 Å². The van der Waals surface area contributed by atoms with Gasteiger partial charge in [-0.25, -0.2) is 18.4 Å². The number of thioether (sulfide) groups is 1. The van der Waals surface area contributed by atoms with Gasteiger partial charge in [0.05, 0.1) is 12.3 Å². The number of alkyl carbamates (subject to hydrolysis) is 1. The highest BCUT2D eigenvalue weighted by Crippen LogP contribution is 2.44. The van der Waals surface area contributed by atoms with Gasteiger partial charge in [0, 0.05) is 11.7 Å². The van der Waals surface area contributed by atoms with Gasteiger partial charge in [-0.05, 0) is 22.3 Å². The van der Waals surface area contributed by atoms with E-state index in [1.165, 1.54) is 11.8 Å². The number of carboxylic acid groups (broad SMARTS) is 1. The molecule has 1 fully saturated rings. The number of nitrogens with one attached hydrogen (secondary N) is 1. The van der Waals surface area contributed by atoms with Gasteiger partial charge in [-0.15, -0.1) is 11.8 Å². The molecule has 0 bridgehead atoms. The highest BCUT2D eigenvalue weighted by Gasteiger charge is 2.37. The number of rotatable bonds is 7. The molecule has 0 spiro atoms. The molecule has 2 aromatic carbocycles. The van der Waals surface area contributed by atoms with Crippen LogP contribution in [0.2, 0.25) is 0 Å². The van der Waals surface area contributed by atoms with Crippen molar-refractivity contribution in [1.82, 2.24) is 10.2 Å². The lowest BCUT2D eigenvalue weighted by Gasteiger charge is -2.24. The van der Waals surface area contributed by atoms with Gasteiger partial charge in [0.25, 0.3) is 6.43 Å². The summed E-state index contributed by atoms with van der Waals surface area (Å²) in [5.41, 5.74) is 4.04. The minimum atomic E-state index is -3.02. The molecule has 0 saturated carbocycles. The maximum atomic E-state index is 13.5. The molecule has 1 aliphatic carbocycles. The van der Waals surface area contributed by atoms with Crippen molar-refractivity contribution in [2.75, 3.05) is 18.2 Å². The van der Waals surface area contributed by atoms with Crippen LogP contribution >= 0.6 is 11.8 Å². The standard InChI is InChI=1S/C23H22F2N2O5S/c24-21(25)18(9-20(28)27-12-33-11-19(27)22(29)30)26-23(31)32-10-17-15-7-3-1-5-13(15)14-6-2-4-8-16(14)17/h1-8,17-19,21H,9-12H2,(H,26,31)(H,29,30)/t18?,19-/m0/s1. The summed E-state index contributed by atoms with van der Waals surface area (Å²) in [5, 5.41) is 11.3. The first-order valence-electron chi connectivity index (χ1n) is 10.4. The van der Waals surface area contributed by atoms with Gasteiger partial charge in [-0.1, -0.05) is 48.5 Å². The summed E-state index contributed by atoms with van der Waals surface area (Å²) in [6.45, 7) is -0.0480. The molecular weight excluding hydrogens is 454 g/mol. The van der Waals surface area contributed by atoms with E-state index in [4.69, 9.17) is 4.74 Å². The number of fused-ring (bicyclic) bond motifs is 3. The fourth-order valence-corrected chi connectivity index (χ4v) is 5.36. The van der Waals surface area contributed by atoms with Crippen LogP contribution in [0.25, 0.3) is 11.1 Å². The number of halogens is 2. The van der Waals surface area contributed by atoms with Crippen molar-refractivity contribution in [3.63, 3.8) is 0 Å². The summed E-state index contributed by atoms with van der Waals surface area (Å²) in [4.78, 5) is 37.0. The third kappa shape index (κ3) is 4.80. The highest BCUT2D eigenvalue weighted by molar-refractivity contribution is 7.99. The fourth-order valence-electron chi connectivity index (χ4n) is 4.19. The first kappa shape index (κ1) is 23.0. The zero-order chi connectivity index (χ0) is 23.5. The molecule has 1 heterocycles. The second-order valence-electron chi connectivity index (χ2n) is 7.83. The topological polar surface area (TPSA) is 95.9 Å². The molecule has 2 amide bonds. The summed E-state index contributed by atoms with van der Waals surface area (Å²) >= 11 is 1.23. The molecule has 2 N–H and O–H groups in total. The molecule has 174 valence electrons. The van der Waals surface area contributed by atoms with E-state index in [1.807, 2.05) is 48.5 Å². The van der Waals surface area contributed by atoms with Crippen LogP contribution in [0.1, 0.15) is 23.5 Å². The van der Waals surface area contributed by atoms with Gasteiger partial charge in [0.1, 0.15) is 18.7 Å². The minimum Gasteiger partial charge on any atom is -0.480 e. The average molecular weight is 477 g/mol. The van der Waals surface area contributed by atoms with Gasteiger partial charge in [-0.2, -0.15) is 0 Å². The number of hydrogen-bond acceptors (Lipinski definition) is 5. The first-order valence-corrected chi connectivity index (χ1v) is 11.5. The Bertz CT molecular complexity index is 1020. The molecule has 4 rings (SSSR count). The van der Waals surface area contributed by atoms with Gasteiger partial charge in [-0.3, -0.25) is 4.79 Å². The molecular formula is C23H22F2N2O5S. The lowest BCUT2D eigenvalue weighted by atomic mass is 9.98. The van der Waals surface area contributed by atoms with Crippen LogP contribution in [0.4, 0.5) is 13.6 Å². The number of benzene rings is 2. The molecule has 10 heteroatoms. The summed E-state index contributed by atoms with van der Waals surface area (Å²) in [6.07, 6.45) is -4.79. The molecule has 2 aromatic rings. The number of amides is 2. The van der Waals surface area contributed by atoms with Crippen molar-refractivity contribution >= 4 is 29.7 Å². The Morgan fingerprint density at radius 1 is 1.09 bits per heavy atom. The maximum absolute atomic E-state index is 13.5. The van der Waals surface area contributed by atoms with Gasteiger partial charge in [0.15, 0.2) is 0 Å². The summed E-state index contributed by atoms with van der Waals surface area (Å²) in [5.74, 6) is -1.87. The molecule has 0 radical (unpaired) electrons. The Balaban J connectivity index is 1.38. The smallest absolute Gasteiger partial charge is 0.407 e. The zero-order valence-corrected chi connectivity index (χ0v) is 18.3. The molecule has 1 unspecified atom stereocenters. The van der Waals surface area contributed by atoms with Gasteiger partial charge >= 0.3 is 12.1 Å². The zero-order valence-electron chi connectivity index (χ0n) is 17.4. The Labute approximate surface area is 193 Å². The molecule has 1 aliphatic heterocycles. The summed E-state index contributed by atoms with van der Waals surface area (Å²) < 4.78 is 32.4. The van der Waals surface area contributed by atoms with Crippen molar-refractivity contribution in [2.24, 2.45) is 0 Å². The number of alkyl halides is 2. The van der Waals surface area contributed by atoms with Crippen LogP contribution in [0.5, 0.6) is 0 Å². The largest absolute Gasteiger partial charge is 0.480 e. The Hall–Kier alpha value is -3.14. The van der Waals surface area contributed by atoms with Gasteiger partial charge in [0.2, 0.25) is 5.91 Å². The van der Waals surface area contributed by atoms with E-state index in [-0.39, 0.29) is 24.2 Å². The van der Waals surface area contributed by atoms with Crippen LogP contribution < -0.4 is 5.32 Å². The number of carbonyl (C=O) groups excluding carboxylic acids is 2. The van der Waals surface area contributed by atoms with E-state index in [0.29, 0.717) is 0 Å². The van der Waals surface area contributed by atoms with E-state index < -0.39 is 42.9 Å². The molecule has 1 saturated heterocycles. The number of nitrogens with zero attached hydrogens (tertiary/aromatic N) is 1. The molecule has 2 aliphatic rings. The summed E-state index contributed by atoms with van der Waals surface area (Å²) in [6, 6.07) is 12.6. The lowest BCUT2D eigenvalue weighted by molar-refractivity contribution is -0.148. The van der Waals surface area contributed by atoms with E-state index >= 15 is 0 Å². The van der Waals surface area contributed by atoms with Crippen LogP contribution in [0, 0.1) is 0 Å². The number of ether oxygens (including phenoxy) is 1. The Morgan fingerprint density at radius 3 is 2.27 bits per heavy atom. The van der Waals surface area contributed by atoms with Crippen molar-refractivity contribution in [3.8, 4) is 11.1 Å². The monoisotopic (exact) mass is 476 g/mol. The van der Waals surface area contributed by atoms with Crippen molar-refractivity contribution < 1.29 is 33.0 Å². The van der Waals surface area contributed by atoms with Crippen LogP contribution in [-0.2, 0) is 14.3 Å². The summed E-state index contributed by atoms with van der Waals surface area (Å²) in [7, 11) is 0. The first-order chi connectivity index (χ1) is 15.9. The van der Waals surface area contributed by atoms with E-state index in [1.54, 1.807) is 0 Å². The SMILES string of the molecule is O=C(NC(CC(=O)N1CSC[C@H]1C(=O)O)C(F)F)OCC1c2ccccc2-c2ccccc21. The molecule has 2 atom stereocenters. The predicted octanol–water partition coefficient (Wildman–Crippen LogP) is 3.54. The van der Waals surface area contributed by atoms with Crippen molar-refractivity contribution in [2.45, 2.75) is 30.8 Å². The van der Waals surface area contributed by atoms with Crippen LogP contribution in [0.15, 0.2) is 48.5 Å². The number of aliphatic carboxylic acids is 1.